The number of allylic oxidation sites excluding steroid dienone is 1. The molecule has 1 aliphatic heterocycles. The maximum absolute atomic E-state index is 12.6. The third-order valence-electron chi connectivity index (χ3n) is 6.08. The van der Waals surface area contributed by atoms with Gasteiger partial charge in [0.15, 0.2) is 18.1 Å². The quantitative estimate of drug-likeness (QED) is 0.123. The zero-order valence-corrected chi connectivity index (χ0v) is 23.9. The molecule has 1 aliphatic rings. The van der Waals surface area contributed by atoms with Crippen LogP contribution in [0, 0.1) is 10.1 Å². The first-order valence-electron chi connectivity index (χ1n) is 12.7. The Morgan fingerprint density at radius 2 is 1.98 bits per heavy atom. The first-order valence-corrected chi connectivity index (χ1v) is 13.1. The SMILES string of the molecule is CCOC(=O)C1=C(C)NC(=O)N[C@H]1c1ccc(OCC(=O)N/N=C\c2ccc(-c3ccc(Cl)c([N+](=O)[O-])c3)o2)c(OC)c1. The molecule has 0 saturated heterocycles. The number of carbonyl (C=O) groups excluding carboxylic acids is 3. The Morgan fingerprint density at radius 1 is 1.19 bits per heavy atom. The highest BCUT2D eigenvalue weighted by atomic mass is 35.5. The highest BCUT2D eigenvalue weighted by Gasteiger charge is 2.32. The zero-order chi connectivity index (χ0) is 31.1. The van der Waals surface area contributed by atoms with E-state index in [1.165, 1.54) is 25.5 Å². The van der Waals surface area contributed by atoms with Crippen LogP contribution in [0.5, 0.6) is 11.5 Å². The molecule has 0 spiro atoms. The summed E-state index contributed by atoms with van der Waals surface area (Å²) in [5, 5.41) is 20.2. The van der Waals surface area contributed by atoms with Crippen molar-refractivity contribution in [1.82, 2.24) is 16.1 Å². The Labute approximate surface area is 249 Å². The number of amides is 3. The van der Waals surface area contributed by atoms with Gasteiger partial charge < -0.3 is 29.3 Å². The van der Waals surface area contributed by atoms with Crippen LogP contribution in [0.25, 0.3) is 11.3 Å². The van der Waals surface area contributed by atoms with Crippen molar-refractivity contribution in [2.45, 2.75) is 19.9 Å². The van der Waals surface area contributed by atoms with Gasteiger partial charge in [-0.25, -0.2) is 15.0 Å². The van der Waals surface area contributed by atoms with Crippen molar-refractivity contribution in [2.75, 3.05) is 20.3 Å². The minimum atomic E-state index is -0.801. The van der Waals surface area contributed by atoms with E-state index in [4.69, 9.17) is 30.2 Å². The smallest absolute Gasteiger partial charge is 0.338 e. The van der Waals surface area contributed by atoms with E-state index in [1.807, 2.05) is 0 Å². The van der Waals surface area contributed by atoms with Gasteiger partial charge in [-0.1, -0.05) is 17.7 Å². The van der Waals surface area contributed by atoms with Gasteiger partial charge in [-0.05, 0) is 55.8 Å². The number of carbonyl (C=O) groups is 3. The van der Waals surface area contributed by atoms with Crippen LogP contribution in [0.2, 0.25) is 5.02 Å². The summed E-state index contributed by atoms with van der Waals surface area (Å²) in [4.78, 5) is 47.6. The number of furan rings is 1. The number of nitrogens with one attached hydrogen (secondary N) is 3. The molecule has 0 aliphatic carbocycles. The normalized spacial score (nSPS) is 14.6. The molecule has 0 bridgehead atoms. The topological polar surface area (TPSA) is 184 Å². The molecular weight excluding hydrogens is 586 g/mol. The van der Waals surface area contributed by atoms with Crippen LogP contribution in [0.4, 0.5) is 10.5 Å². The standard InChI is InChI=1S/C28H26ClN5O9/c1-4-41-27(36)25-15(2)31-28(37)32-26(25)17-6-9-22(23(12-17)40-3)42-14-24(35)33-30-13-18-7-10-21(43-18)16-5-8-19(29)20(11-16)34(38)39/h5-13,26H,4,14H2,1-3H3,(H,33,35)(H2,31,32,37)/b30-13-/t26-/m0/s1. The molecule has 2 heterocycles. The molecule has 0 radical (unpaired) electrons. The van der Waals surface area contributed by atoms with Gasteiger partial charge >= 0.3 is 12.0 Å². The Hall–Kier alpha value is -5.37. The number of halogens is 1. The van der Waals surface area contributed by atoms with Crippen molar-refractivity contribution in [3.8, 4) is 22.8 Å². The number of nitro benzene ring substituents is 1. The van der Waals surface area contributed by atoms with E-state index in [0.29, 0.717) is 22.6 Å². The van der Waals surface area contributed by atoms with E-state index in [9.17, 15) is 24.5 Å². The van der Waals surface area contributed by atoms with Gasteiger partial charge in [0.1, 0.15) is 16.5 Å². The van der Waals surface area contributed by atoms with Gasteiger partial charge in [0.25, 0.3) is 11.6 Å². The molecule has 14 nitrogen and oxygen atoms in total. The minimum absolute atomic E-state index is 0.00577. The Morgan fingerprint density at radius 3 is 2.70 bits per heavy atom. The highest BCUT2D eigenvalue weighted by molar-refractivity contribution is 6.32. The number of hydrogen-bond donors (Lipinski definition) is 3. The summed E-state index contributed by atoms with van der Waals surface area (Å²) < 4.78 is 21.8. The third kappa shape index (κ3) is 7.29. The first kappa shape index (κ1) is 30.6. The van der Waals surface area contributed by atoms with Crippen LogP contribution >= 0.6 is 11.6 Å². The molecule has 2 aromatic carbocycles. The Balaban J connectivity index is 1.38. The van der Waals surface area contributed by atoms with Crippen LogP contribution in [-0.2, 0) is 14.3 Å². The molecule has 43 heavy (non-hydrogen) atoms. The number of esters is 1. The number of rotatable bonds is 11. The maximum atomic E-state index is 12.6. The van der Waals surface area contributed by atoms with Gasteiger partial charge in [0.05, 0.1) is 36.5 Å². The van der Waals surface area contributed by atoms with E-state index in [-0.39, 0.29) is 40.1 Å². The molecule has 3 N–H and O–H groups in total. The second kappa shape index (κ2) is 13.5. The zero-order valence-electron chi connectivity index (χ0n) is 23.1. The largest absolute Gasteiger partial charge is 0.493 e. The molecule has 0 unspecified atom stereocenters. The van der Waals surface area contributed by atoms with Crippen LogP contribution < -0.4 is 25.5 Å². The summed E-state index contributed by atoms with van der Waals surface area (Å²) >= 11 is 5.85. The summed E-state index contributed by atoms with van der Waals surface area (Å²) in [6.45, 7) is 3.03. The predicted octanol–water partition coefficient (Wildman–Crippen LogP) is 4.24. The molecule has 3 aromatic rings. The molecular formula is C28H26ClN5O9. The highest BCUT2D eigenvalue weighted by Crippen LogP contribution is 2.35. The van der Waals surface area contributed by atoms with Crippen molar-refractivity contribution in [2.24, 2.45) is 5.10 Å². The summed E-state index contributed by atoms with van der Waals surface area (Å²) in [5.74, 6) is -0.0483. The van der Waals surface area contributed by atoms with Gasteiger partial charge in [-0.15, -0.1) is 0 Å². The molecule has 3 amide bonds. The lowest BCUT2D eigenvalue weighted by Crippen LogP contribution is -2.45. The van der Waals surface area contributed by atoms with Crippen molar-refractivity contribution in [1.29, 1.82) is 0 Å². The van der Waals surface area contributed by atoms with Gasteiger partial charge in [-0.2, -0.15) is 5.10 Å². The second-order valence-electron chi connectivity index (χ2n) is 8.91. The monoisotopic (exact) mass is 611 g/mol. The van der Waals surface area contributed by atoms with Gasteiger partial charge in [0, 0.05) is 17.3 Å². The Bertz CT molecular complexity index is 1630. The molecule has 4 rings (SSSR count). The molecule has 0 fully saturated rings. The number of methoxy groups -OCH3 is 1. The molecule has 1 atom stereocenters. The number of hydrazone groups is 1. The van der Waals surface area contributed by atoms with E-state index in [0.717, 1.165) is 0 Å². The van der Waals surface area contributed by atoms with Crippen LogP contribution in [-0.4, -0.2) is 49.4 Å². The van der Waals surface area contributed by atoms with E-state index in [1.54, 1.807) is 50.2 Å². The lowest BCUT2D eigenvalue weighted by atomic mass is 9.95. The van der Waals surface area contributed by atoms with Crippen LogP contribution in [0.15, 0.2) is 69.3 Å². The van der Waals surface area contributed by atoms with Crippen molar-refractivity contribution < 1.29 is 37.9 Å². The molecule has 15 heteroatoms. The van der Waals surface area contributed by atoms with E-state index < -0.39 is 35.5 Å². The summed E-state index contributed by atoms with van der Waals surface area (Å²) in [6.07, 6.45) is 1.26. The number of ether oxygens (including phenoxy) is 3. The fourth-order valence-corrected chi connectivity index (χ4v) is 4.32. The number of benzene rings is 2. The number of nitrogens with zero attached hydrogens (tertiary/aromatic N) is 2. The Kier molecular flexibility index (Phi) is 9.62. The number of hydrogen-bond acceptors (Lipinski definition) is 10. The molecule has 1 aromatic heterocycles. The van der Waals surface area contributed by atoms with Gasteiger partial charge in [-0.3, -0.25) is 14.9 Å². The van der Waals surface area contributed by atoms with Gasteiger partial charge in [0.2, 0.25) is 0 Å². The fourth-order valence-electron chi connectivity index (χ4n) is 4.13. The van der Waals surface area contributed by atoms with Crippen molar-refractivity contribution in [3.63, 3.8) is 0 Å². The van der Waals surface area contributed by atoms with Crippen LogP contribution in [0.3, 0.4) is 0 Å². The van der Waals surface area contributed by atoms with Crippen LogP contribution in [0.1, 0.15) is 31.2 Å². The number of nitro groups is 1. The third-order valence-corrected chi connectivity index (χ3v) is 6.40. The summed E-state index contributed by atoms with van der Waals surface area (Å²) in [7, 11) is 1.41. The fraction of sp³-hybridized carbons (Fsp3) is 0.214. The lowest BCUT2D eigenvalue weighted by Gasteiger charge is -2.28. The average Bonchev–Trinajstić information content (AvgIpc) is 3.44. The molecule has 224 valence electrons. The molecule has 0 saturated carbocycles. The summed E-state index contributed by atoms with van der Waals surface area (Å²) in [5.41, 5.74) is 3.63. The maximum Gasteiger partial charge on any atom is 0.338 e. The minimum Gasteiger partial charge on any atom is -0.493 e. The average molecular weight is 612 g/mol. The second-order valence-corrected chi connectivity index (χ2v) is 9.32. The first-order chi connectivity index (χ1) is 20.6. The van der Waals surface area contributed by atoms with Crippen molar-refractivity contribution >= 4 is 41.4 Å². The predicted molar refractivity (Wildman–Crippen MR) is 154 cm³/mol. The lowest BCUT2D eigenvalue weighted by molar-refractivity contribution is -0.384. The summed E-state index contributed by atoms with van der Waals surface area (Å²) in [6, 6.07) is 10.9. The van der Waals surface area contributed by atoms with E-state index >= 15 is 0 Å². The van der Waals surface area contributed by atoms with E-state index in [2.05, 4.69) is 21.2 Å². The van der Waals surface area contributed by atoms with Crippen molar-refractivity contribution in [3.05, 3.63) is 86.3 Å². The number of urea groups is 1.